The number of benzene rings is 1. The standard InChI is InChI=1S/C18H25FN4O2S2/c1-4-15-7-8-16(26-15)12-22-18(20-3)21-9-10-27(24,25)23-14-6-5-13(2)17(19)11-14/h5-8,11,23H,4,9-10,12H2,1-3H3,(H2,20,21,22). The second kappa shape index (κ2) is 9.70. The van der Waals surface area contributed by atoms with E-state index in [4.69, 9.17) is 0 Å². The maximum Gasteiger partial charge on any atom is 0.234 e. The van der Waals surface area contributed by atoms with E-state index in [-0.39, 0.29) is 18.0 Å². The second-order valence-corrected chi connectivity index (χ2v) is 9.05. The van der Waals surface area contributed by atoms with Gasteiger partial charge in [0.1, 0.15) is 5.82 Å². The minimum Gasteiger partial charge on any atom is -0.355 e. The third-order valence-electron chi connectivity index (χ3n) is 3.83. The molecular weight excluding hydrogens is 387 g/mol. The van der Waals surface area contributed by atoms with E-state index < -0.39 is 15.8 Å². The predicted octanol–water partition coefficient (Wildman–Crippen LogP) is 2.86. The van der Waals surface area contributed by atoms with E-state index in [1.807, 2.05) is 0 Å². The topological polar surface area (TPSA) is 82.6 Å². The number of halogens is 1. The van der Waals surface area contributed by atoms with Crippen LogP contribution in [-0.2, 0) is 23.0 Å². The van der Waals surface area contributed by atoms with Gasteiger partial charge >= 0.3 is 0 Å². The van der Waals surface area contributed by atoms with Crippen LogP contribution in [-0.4, -0.2) is 33.7 Å². The number of hydrogen-bond acceptors (Lipinski definition) is 4. The van der Waals surface area contributed by atoms with Crippen LogP contribution in [0, 0.1) is 12.7 Å². The molecule has 27 heavy (non-hydrogen) atoms. The molecule has 6 nitrogen and oxygen atoms in total. The molecule has 0 saturated carbocycles. The minimum absolute atomic E-state index is 0.165. The summed E-state index contributed by atoms with van der Waals surface area (Å²) >= 11 is 1.73. The highest BCUT2D eigenvalue weighted by atomic mass is 32.2. The number of nitrogens with one attached hydrogen (secondary N) is 3. The highest BCUT2D eigenvalue weighted by Crippen LogP contribution is 2.16. The Labute approximate surface area is 164 Å². The van der Waals surface area contributed by atoms with Gasteiger partial charge in [-0.05, 0) is 43.2 Å². The van der Waals surface area contributed by atoms with Crippen molar-refractivity contribution < 1.29 is 12.8 Å². The van der Waals surface area contributed by atoms with E-state index in [1.165, 1.54) is 28.0 Å². The number of sulfonamides is 1. The molecule has 1 heterocycles. The zero-order chi connectivity index (χ0) is 19.9. The Kier molecular flexibility index (Phi) is 7.61. The molecule has 1 aromatic carbocycles. The Morgan fingerprint density at radius 3 is 2.56 bits per heavy atom. The van der Waals surface area contributed by atoms with Gasteiger partial charge in [0.25, 0.3) is 0 Å². The first kappa shape index (κ1) is 21.2. The highest BCUT2D eigenvalue weighted by molar-refractivity contribution is 7.92. The van der Waals surface area contributed by atoms with E-state index in [1.54, 1.807) is 25.3 Å². The fourth-order valence-electron chi connectivity index (χ4n) is 2.29. The number of aryl methyl sites for hydroxylation is 2. The summed E-state index contributed by atoms with van der Waals surface area (Å²) in [4.78, 5) is 6.59. The summed E-state index contributed by atoms with van der Waals surface area (Å²) < 4.78 is 40.2. The van der Waals surface area contributed by atoms with Crippen LogP contribution in [0.4, 0.5) is 10.1 Å². The quantitative estimate of drug-likeness (QED) is 0.460. The summed E-state index contributed by atoms with van der Waals surface area (Å²) in [7, 11) is -1.97. The Balaban J connectivity index is 1.80. The molecule has 0 amide bonds. The number of thiophene rings is 1. The average molecular weight is 413 g/mol. The van der Waals surface area contributed by atoms with Crippen molar-refractivity contribution in [3.63, 3.8) is 0 Å². The SMILES string of the molecule is CCc1ccc(CNC(=NC)NCCS(=O)(=O)Nc2ccc(C)c(F)c2)s1. The fourth-order valence-corrected chi connectivity index (χ4v) is 4.15. The first-order valence-electron chi connectivity index (χ1n) is 8.61. The van der Waals surface area contributed by atoms with E-state index in [9.17, 15) is 12.8 Å². The van der Waals surface area contributed by atoms with Gasteiger partial charge in [-0.25, -0.2) is 12.8 Å². The monoisotopic (exact) mass is 412 g/mol. The minimum atomic E-state index is -3.60. The van der Waals surface area contributed by atoms with Crippen LogP contribution in [0.5, 0.6) is 0 Å². The Morgan fingerprint density at radius 1 is 1.19 bits per heavy atom. The summed E-state index contributed by atoms with van der Waals surface area (Å²) in [6.07, 6.45) is 1.01. The predicted molar refractivity (Wildman–Crippen MR) is 110 cm³/mol. The van der Waals surface area contributed by atoms with Gasteiger partial charge in [-0.1, -0.05) is 13.0 Å². The normalized spacial score (nSPS) is 12.1. The van der Waals surface area contributed by atoms with Crippen molar-refractivity contribution in [1.82, 2.24) is 10.6 Å². The van der Waals surface area contributed by atoms with Gasteiger partial charge in [0.15, 0.2) is 5.96 Å². The van der Waals surface area contributed by atoms with E-state index in [2.05, 4.69) is 39.4 Å². The van der Waals surface area contributed by atoms with Gasteiger partial charge < -0.3 is 10.6 Å². The molecular formula is C18H25FN4O2S2. The van der Waals surface area contributed by atoms with Crippen LogP contribution in [0.15, 0.2) is 35.3 Å². The molecule has 1 aromatic heterocycles. The number of nitrogens with zero attached hydrogens (tertiary/aromatic N) is 1. The van der Waals surface area contributed by atoms with E-state index in [0.29, 0.717) is 18.1 Å². The average Bonchev–Trinajstić information content (AvgIpc) is 3.09. The van der Waals surface area contributed by atoms with Crippen LogP contribution in [0.1, 0.15) is 22.2 Å². The lowest BCUT2D eigenvalue weighted by atomic mass is 10.2. The number of hydrogen-bond donors (Lipinski definition) is 3. The molecule has 2 aromatic rings. The Bertz CT molecular complexity index is 895. The smallest absolute Gasteiger partial charge is 0.234 e. The van der Waals surface area contributed by atoms with Crippen LogP contribution in [0.2, 0.25) is 0 Å². The van der Waals surface area contributed by atoms with Crippen molar-refractivity contribution in [3.8, 4) is 0 Å². The molecule has 0 aliphatic carbocycles. The van der Waals surface area contributed by atoms with Crippen molar-refractivity contribution in [1.29, 1.82) is 0 Å². The maximum absolute atomic E-state index is 13.5. The summed E-state index contributed by atoms with van der Waals surface area (Å²) in [5, 5.41) is 6.13. The zero-order valence-corrected chi connectivity index (χ0v) is 17.3. The maximum atomic E-state index is 13.5. The van der Waals surface area contributed by atoms with Gasteiger partial charge in [0, 0.05) is 23.3 Å². The summed E-state index contributed by atoms with van der Waals surface area (Å²) in [5.74, 6) is -0.0851. The van der Waals surface area contributed by atoms with E-state index in [0.717, 1.165) is 6.42 Å². The molecule has 0 aliphatic heterocycles. The number of aliphatic imine (C=N–C) groups is 1. The Hall–Kier alpha value is -2.13. The first-order valence-corrected chi connectivity index (χ1v) is 11.1. The molecule has 0 radical (unpaired) electrons. The lowest BCUT2D eigenvalue weighted by molar-refractivity contribution is 0.599. The van der Waals surface area contributed by atoms with E-state index >= 15 is 0 Å². The molecule has 0 fully saturated rings. The van der Waals surface area contributed by atoms with Crippen LogP contribution in [0.25, 0.3) is 0 Å². The van der Waals surface area contributed by atoms with Gasteiger partial charge in [-0.15, -0.1) is 11.3 Å². The largest absolute Gasteiger partial charge is 0.355 e. The highest BCUT2D eigenvalue weighted by Gasteiger charge is 2.12. The molecule has 2 rings (SSSR count). The fraction of sp³-hybridized carbons (Fsp3) is 0.389. The molecule has 0 unspecified atom stereocenters. The van der Waals surface area contributed by atoms with Crippen molar-refractivity contribution in [3.05, 3.63) is 51.5 Å². The lowest BCUT2D eigenvalue weighted by Crippen LogP contribution is -2.39. The lowest BCUT2D eigenvalue weighted by Gasteiger charge is -2.12. The summed E-state index contributed by atoms with van der Waals surface area (Å²) in [5.41, 5.74) is 0.677. The third-order valence-corrected chi connectivity index (χ3v) is 6.35. The molecule has 0 bridgehead atoms. The number of rotatable bonds is 8. The van der Waals surface area contributed by atoms with Crippen LogP contribution in [0.3, 0.4) is 0 Å². The zero-order valence-electron chi connectivity index (χ0n) is 15.7. The summed E-state index contributed by atoms with van der Waals surface area (Å²) in [6.45, 7) is 4.53. The van der Waals surface area contributed by atoms with Gasteiger partial charge in [0.05, 0.1) is 18.0 Å². The third kappa shape index (κ3) is 6.84. The molecule has 0 spiro atoms. The van der Waals surface area contributed by atoms with Crippen molar-refractivity contribution in [2.24, 2.45) is 4.99 Å². The second-order valence-electron chi connectivity index (χ2n) is 5.96. The molecule has 0 atom stereocenters. The van der Waals surface area contributed by atoms with Crippen molar-refractivity contribution in [2.45, 2.75) is 26.8 Å². The van der Waals surface area contributed by atoms with Gasteiger partial charge in [-0.2, -0.15) is 0 Å². The van der Waals surface area contributed by atoms with Crippen molar-refractivity contribution in [2.75, 3.05) is 24.1 Å². The molecule has 0 aliphatic rings. The van der Waals surface area contributed by atoms with Gasteiger partial charge in [-0.3, -0.25) is 9.71 Å². The van der Waals surface area contributed by atoms with Gasteiger partial charge in [0.2, 0.25) is 10.0 Å². The molecule has 3 N–H and O–H groups in total. The van der Waals surface area contributed by atoms with Crippen LogP contribution >= 0.6 is 11.3 Å². The molecule has 9 heteroatoms. The number of anilines is 1. The molecule has 148 valence electrons. The molecule has 0 saturated heterocycles. The van der Waals surface area contributed by atoms with Crippen molar-refractivity contribution >= 4 is 33.0 Å². The van der Waals surface area contributed by atoms with Crippen LogP contribution < -0.4 is 15.4 Å². The number of guanidine groups is 1. The first-order chi connectivity index (χ1) is 12.8. The summed E-state index contributed by atoms with van der Waals surface area (Å²) in [6, 6.07) is 8.41. The Morgan fingerprint density at radius 2 is 1.93 bits per heavy atom.